The molecule has 0 unspecified atom stereocenters. The lowest BCUT2D eigenvalue weighted by atomic mass is 10.2. The fraction of sp³-hybridized carbons (Fsp3) is 0.636. The minimum absolute atomic E-state index is 0.247. The molecule has 0 aromatic rings. The second kappa shape index (κ2) is 10.3. The quantitative estimate of drug-likeness (QED) is 0.430. The van der Waals surface area contributed by atoms with E-state index in [2.05, 4.69) is 35.6 Å². The highest BCUT2D eigenvalue weighted by atomic mass is 127. The molecule has 0 spiro atoms. The van der Waals surface area contributed by atoms with Crippen LogP contribution < -0.4 is 0 Å². The first-order valence-corrected chi connectivity index (χ1v) is 6.01. The van der Waals surface area contributed by atoms with E-state index in [-0.39, 0.29) is 6.61 Å². The fourth-order valence-corrected chi connectivity index (χ4v) is 1.56. The molecule has 0 heterocycles. The van der Waals surface area contributed by atoms with Crippen LogP contribution in [-0.4, -0.2) is 11.7 Å². The molecule has 76 valence electrons. The Bertz CT molecular complexity index is 161. The van der Waals surface area contributed by atoms with Crippen LogP contribution in [-0.2, 0) is 0 Å². The second-order valence-electron chi connectivity index (χ2n) is 3.01. The Morgan fingerprint density at radius 3 is 2.77 bits per heavy atom. The van der Waals surface area contributed by atoms with Gasteiger partial charge in [0.15, 0.2) is 0 Å². The lowest BCUT2D eigenvalue weighted by Gasteiger charge is -1.96. The van der Waals surface area contributed by atoms with Gasteiger partial charge in [-0.05, 0) is 45.4 Å². The Kier molecular flexibility index (Phi) is 10.4. The first-order valence-electron chi connectivity index (χ1n) is 4.93. The van der Waals surface area contributed by atoms with Gasteiger partial charge in [0, 0.05) is 6.61 Å². The highest BCUT2D eigenvalue weighted by Gasteiger charge is 1.89. The predicted octanol–water partition coefficient (Wildman–Crippen LogP) is 3.82. The Balaban J connectivity index is 3.50. The number of unbranched alkanes of at least 4 members (excludes halogenated alkanes) is 2. The van der Waals surface area contributed by atoms with Crippen molar-refractivity contribution in [2.45, 2.75) is 39.0 Å². The van der Waals surface area contributed by atoms with Crippen molar-refractivity contribution in [1.82, 2.24) is 0 Å². The summed E-state index contributed by atoms with van der Waals surface area (Å²) in [5.41, 5.74) is 0. The smallest absolute Gasteiger partial charge is 0.0465 e. The molecule has 0 amide bonds. The monoisotopic (exact) mass is 294 g/mol. The van der Waals surface area contributed by atoms with E-state index in [0.29, 0.717) is 0 Å². The van der Waals surface area contributed by atoms with Crippen molar-refractivity contribution >= 4 is 22.6 Å². The molecule has 0 saturated carbocycles. The molecule has 0 aliphatic carbocycles. The molecule has 0 aromatic carbocycles. The molecule has 0 bridgehead atoms. The van der Waals surface area contributed by atoms with Gasteiger partial charge in [-0.1, -0.05) is 38.0 Å². The minimum atomic E-state index is 0.247. The van der Waals surface area contributed by atoms with Crippen LogP contribution in [0, 0.1) is 0 Å². The predicted molar refractivity (Wildman–Crippen MR) is 67.1 cm³/mol. The van der Waals surface area contributed by atoms with E-state index in [1.807, 2.05) is 12.2 Å². The number of hydrogen-bond donors (Lipinski definition) is 1. The standard InChI is InChI=1S/C11H19IO/c1-2-3-5-8-11(12)9-6-4-7-10-13/h4,6,9,13H,2-3,5,7-8,10H2,1H3/b6-4+,11-9-. The van der Waals surface area contributed by atoms with E-state index in [4.69, 9.17) is 5.11 Å². The lowest BCUT2D eigenvalue weighted by molar-refractivity contribution is 0.302. The summed E-state index contributed by atoms with van der Waals surface area (Å²) < 4.78 is 1.40. The summed E-state index contributed by atoms with van der Waals surface area (Å²) in [5, 5.41) is 8.53. The van der Waals surface area contributed by atoms with Gasteiger partial charge in [0.2, 0.25) is 0 Å². The topological polar surface area (TPSA) is 20.2 Å². The Morgan fingerprint density at radius 1 is 1.38 bits per heavy atom. The molecule has 0 saturated heterocycles. The van der Waals surface area contributed by atoms with Crippen LogP contribution in [0.2, 0.25) is 0 Å². The van der Waals surface area contributed by atoms with Gasteiger partial charge < -0.3 is 5.11 Å². The number of aliphatic hydroxyl groups excluding tert-OH is 1. The van der Waals surface area contributed by atoms with Crippen LogP contribution in [0.25, 0.3) is 0 Å². The summed E-state index contributed by atoms with van der Waals surface area (Å²) in [6, 6.07) is 0. The van der Waals surface area contributed by atoms with E-state index < -0.39 is 0 Å². The van der Waals surface area contributed by atoms with Crippen LogP contribution in [0.3, 0.4) is 0 Å². The van der Waals surface area contributed by atoms with Crippen molar-refractivity contribution < 1.29 is 5.11 Å². The third-order valence-corrected chi connectivity index (χ3v) is 2.63. The van der Waals surface area contributed by atoms with Gasteiger partial charge in [-0.25, -0.2) is 0 Å². The van der Waals surface area contributed by atoms with Crippen molar-refractivity contribution in [2.75, 3.05) is 6.61 Å². The third-order valence-electron chi connectivity index (χ3n) is 1.73. The van der Waals surface area contributed by atoms with Gasteiger partial charge in [-0.15, -0.1) is 0 Å². The molecule has 1 nitrogen and oxygen atoms in total. The maximum Gasteiger partial charge on any atom is 0.0465 e. The van der Waals surface area contributed by atoms with E-state index in [1.165, 1.54) is 29.3 Å². The maximum atomic E-state index is 8.53. The maximum absolute atomic E-state index is 8.53. The summed E-state index contributed by atoms with van der Waals surface area (Å²) in [7, 11) is 0. The highest BCUT2D eigenvalue weighted by Crippen LogP contribution is 2.15. The molecule has 0 aliphatic heterocycles. The molecular formula is C11H19IO. The zero-order chi connectivity index (χ0) is 9.94. The average molecular weight is 294 g/mol. The van der Waals surface area contributed by atoms with E-state index in [1.54, 1.807) is 0 Å². The molecule has 0 rings (SSSR count). The first-order chi connectivity index (χ1) is 6.31. The Labute approximate surface area is 95.1 Å². The van der Waals surface area contributed by atoms with Crippen LogP contribution in [0.1, 0.15) is 39.0 Å². The van der Waals surface area contributed by atoms with Crippen molar-refractivity contribution in [2.24, 2.45) is 0 Å². The van der Waals surface area contributed by atoms with Gasteiger partial charge in [0.1, 0.15) is 0 Å². The van der Waals surface area contributed by atoms with Crippen LogP contribution in [0.4, 0.5) is 0 Å². The Morgan fingerprint density at radius 2 is 2.15 bits per heavy atom. The van der Waals surface area contributed by atoms with Crippen LogP contribution in [0.5, 0.6) is 0 Å². The average Bonchev–Trinajstić information content (AvgIpc) is 2.13. The van der Waals surface area contributed by atoms with Crippen molar-refractivity contribution in [3.05, 3.63) is 21.8 Å². The fourth-order valence-electron chi connectivity index (χ4n) is 0.970. The van der Waals surface area contributed by atoms with Crippen molar-refractivity contribution in [3.63, 3.8) is 0 Å². The SMILES string of the molecule is CCCCC/C(I)=C/C=C/CCO. The molecule has 0 radical (unpaired) electrons. The van der Waals surface area contributed by atoms with Gasteiger partial charge in [-0.2, -0.15) is 0 Å². The number of allylic oxidation sites excluding steroid dienone is 3. The van der Waals surface area contributed by atoms with Gasteiger partial charge in [-0.3, -0.25) is 0 Å². The highest BCUT2D eigenvalue weighted by molar-refractivity contribution is 14.1. The summed E-state index contributed by atoms with van der Waals surface area (Å²) in [5.74, 6) is 0. The Hall–Kier alpha value is 0.170. The van der Waals surface area contributed by atoms with E-state index in [9.17, 15) is 0 Å². The molecule has 13 heavy (non-hydrogen) atoms. The second-order valence-corrected chi connectivity index (χ2v) is 4.40. The lowest BCUT2D eigenvalue weighted by Crippen LogP contribution is -1.76. The largest absolute Gasteiger partial charge is 0.396 e. The van der Waals surface area contributed by atoms with Crippen LogP contribution in [0.15, 0.2) is 21.8 Å². The van der Waals surface area contributed by atoms with E-state index in [0.717, 1.165) is 6.42 Å². The van der Waals surface area contributed by atoms with Gasteiger partial charge in [0.05, 0.1) is 0 Å². The zero-order valence-corrected chi connectivity index (χ0v) is 10.5. The van der Waals surface area contributed by atoms with Crippen molar-refractivity contribution in [3.8, 4) is 0 Å². The number of rotatable bonds is 7. The summed E-state index contributed by atoms with van der Waals surface area (Å²) >= 11 is 2.38. The molecule has 2 heteroatoms. The third kappa shape index (κ3) is 10.1. The van der Waals surface area contributed by atoms with Gasteiger partial charge in [0.25, 0.3) is 0 Å². The molecule has 0 aliphatic rings. The molecular weight excluding hydrogens is 275 g/mol. The van der Waals surface area contributed by atoms with E-state index >= 15 is 0 Å². The molecule has 0 fully saturated rings. The molecule has 0 aromatic heterocycles. The normalized spacial score (nSPS) is 12.7. The number of hydrogen-bond acceptors (Lipinski definition) is 1. The molecule has 1 N–H and O–H groups in total. The summed E-state index contributed by atoms with van der Waals surface area (Å²) in [6.45, 7) is 2.47. The molecule has 0 atom stereocenters. The van der Waals surface area contributed by atoms with Crippen LogP contribution >= 0.6 is 22.6 Å². The number of halogens is 1. The zero-order valence-electron chi connectivity index (χ0n) is 8.30. The van der Waals surface area contributed by atoms with Crippen molar-refractivity contribution in [1.29, 1.82) is 0 Å². The first kappa shape index (κ1) is 13.2. The summed E-state index contributed by atoms with van der Waals surface area (Å²) in [6.07, 6.45) is 12.0. The van der Waals surface area contributed by atoms with Gasteiger partial charge >= 0.3 is 0 Å². The summed E-state index contributed by atoms with van der Waals surface area (Å²) in [4.78, 5) is 0. The number of aliphatic hydroxyl groups is 1. The minimum Gasteiger partial charge on any atom is -0.396 e.